The number of nitrogens with two attached hydrogens (primary N) is 1. The highest BCUT2D eigenvalue weighted by Gasteiger charge is 2.53. The Kier molecular flexibility index (Phi) is 7.00. The Hall–Kier alpha value is -2.90. The number of rotatable bonds is 7. The molecule has 1 atom stereocenters. The summed E-state index contributed by atoms with van der Waals surface area (Å²) in [5.74, 6) is 0.124. The van der Waals surface area contributed by atoms with Crippen LogP contribution in [0, 0.1) is 12.8 Å². The molecule has 1 saturated carbocycles. The summed E-state index contributed by atoms with van der Waals surface area (Å²) < 4.78 is 5.61. The fourth-order valence-electron chi connectivity index (χ4n) is 5.46. The van der Waals surface area contributed by atoms with Crippen LogP contribution in [0.4, 0.5) is 5.69 Å². The summed E-state index contributed by atoms with van der Waals surface area (Å²) in [6, 6.07) is 11.2. The van der Waals surface area contributed by atoms with Crippen molar-refractivity contribution in [1.29, 1.82) is 0 Å². The summed E-state index contributed by atoms with van der Waals surface area (Å²) in [7, 11) is 0. The smallest absolute Gasteiger partial charge is 0.239 e. The molecule has 0 saturated heterocycles. The molecule has 0 aromatic heterocycles. The third-order valence-corrected chi connectivity index (χ3v) is 7.20. The minimum Gasteiger partial charge on any atom is -0.508 e. The molecule has 0 radical (unpaired) electrons. The lowest BCUT2D eigenvalue weighted by atomic mass is 9.63. The Morgan fingerprint density at radius 2 is 1.85 bits per heavy atom. The zero-order valence-electron chi connectivity index (χ0n) is 19.2. The number of phenols is 1. The topological polar surface area (TPSA) is 114 Å². The maximum Gasteiger partial charge on any atom is 0.239 e. The van der Waals surface area contributed by atoms with Crippen LogP contribution in [0.25, 0.3) is 0 Å². The van der Waals surface area contributed by atoms with Gasteiger partial charge in [-0.25, -0.2) is 0 Å². The number of amides is 2. The standard InChI is InChI=1S/C26H33N3O4/c1-17-18(15-33-16-28-23(31)14-27)8-13-22-24(17)29-25(32)26(22,19-6-4-2-3-5-7-19)20-9-11-21(30)12-10-20/h8-13,19,30H,2-7,14-16,27H2,1H3,(H,28,31)(H,29,32)/t26-/m0/s1. The number of nitrogens with one attached hydrogen (secondary N) is 2. The SMILES string of the molecule is Cc1c(COCNC(=O)CN)ccc2c1NC(=O)[C@]2(c1ccc(O)cc1)C1CCCCCC1. The number of aromatic hydroxyl groups is 1. The van der Waals surface area contributed by atoms with Crippen molar-refractivity contribution in [3.63, 3.8) is 0 Å². The van der Waals surface area contributed by atoms with E-state index in [9.17, 15) is 14.7 Å². The third-order valence-electron chi connectivity index (χ3n) is 7.20. The molecule has 0 bridgehead atoms. The largest absolute Gasteiger partial charge is 0.508 e. The summed E-state index contributed by atoms with van der Waals surface area (Å²) in [4.78, 5) is 25.1. The van der Waals surface area contributed by atoms with Crippen molar-refractivity contribution >= 4 is 17.5 Å². The second-order valence-corrected chi connectivity index (χ2v) is 9.07. The molecule has 1 aliphatic heterocycles. The number of carbonyl (C=O) groups is 2. The fourth-order valence-corrected chi connectivity index (χ4v) is 5.46. The van der Waals surface area contributed by atoms with Crippen molar-refractivity contribution in [1.82, 2.24) is 5.32 Å². The van der Waals surface area contributed by atoms with E-state index in [0.717, 1.165) is 53.6 Å². The minimum atomic E-state index is -0.771. The molecule has 4 rings (SSSR count). The number of benzene rings is 2. The van der Waals surface area contributed by atoms with Crippen LogP contribution < -0.4 is 16.4 Å². The second kappa shape index (κ2) is 9.93. The molecule has 1 fully saturated rings. The molecular weight excluding hydrogens is 418 g/mol. The van der Waals surface area contributed by atoms with Gasteiger partial charge in [-0.1, -0.05) is 49.9 Å². The Balaban J connectivity index is 1.71. The van der Waals surface area contributed by atoms with Gasteiger partial charge in [0.25, 0.3) is 0 Å². The number of carbonyl (C=O) groups excluding carboxylic acids is 2. The van der Waals surface area contributed by atoms with Crippen molar-refractivity contribution < 1.29 is 19.4 Å². The van der Waals surface area contributed by atoms with Crippen LogP contribution in [-0.4, -0.2) is 30.2 Å². The Morgan fingerprint density at radius 3 is 2.52 bits per heavy atom. The van der Waals surface area contributed by atoms with Crippen molar-refractivity contribution in [3.05, 3.63) is 58.7 Å². The van der Waals surface area contributed by atoms with Crippen molar-refractivity contribution in [3.8, 4) is 5.75 Å². The van der Waals surface area contributed by atoms with Gasteiger partial charge in [-0.2, -0.15) is 0 Å². The lowest BCUT2D eigenvalue weighted by Crippen LogP contribution is -2.43. The third kappa shape index (κ3) is 4.35. The van der Waals surface area contributed by atoms with Gasteiger partial charge >= 0.3 is 0 Å². The molecule has 0 unspecified atom stereocenters. The zero-order chi connectivity index (χ0) is 23.4. The molecule has 33 heavy (non-hydrogen) atoms. The van der Waals surface area contributed by atoms with Gasteiger partial charge in [-0.15, -0.1) is 0 Å². The van der Waals surface area contributed by atoms with Gasteiger partial charge in [-0.3, -0.25) is 9.59 Å². The summed E-state index contributed by atoms with van der Waals surface area (Å²) in [6.45, 7) is 2.32. The Labute approximate surface area is 194 Å². The molecule has 2 aromatic rings. The number of hydrogen-bond acceptors (Lipinski definition) is 5. The van der Waals surface area contributed by atoms with E-state index in [-0.39, 0.29) is 36.8 Å². The monoisotopic (exact) mass is 451 g/mol. The van der Waals surface area contributed by atoms with Crippen LogP contribution in [0.15, 0.2) is 36.4 Å². The molecule has 2 aliphatic rings. The number of ether oxygens (including phenoxy) is 1. The molecule has 7 nitrogen and oxygen atoms in total. The average Bonchev–Trinajstić information content (AvgIpc) is 2.96. The van der Waals surface area contributed by atoms with Gasteiger partial charge in [0.1, 0.15) is 17.9 Å². The summed E-state index contributed by atoms with van der Waals surface area (Å²) >= 11 is 0. The zero-order valence-corrected chi connectivity index (χ0v) is 19.2. The summed E-state index contributed by atoms with van der Waals surface area (Å²) in [5.41, 5.74) is 9.23. The molecule has 1 heterocycles. The quantitative estimate of drug-likeness (QED) is 0.292. The first-order valence-corrected chi connectivity index (χ1v) is 11.8. The summed E-state index contributed by atoms with van der Waals surface area (Å²) in [5, 5.41) is 15.7. The molecular formula is C26H33N3O4. The predicted molar refractivity (Wildman–Crippen MR) is 127 cm³/mol. The molecule has 176 valence electrons. The van der Waals surface area contributed by atoms with E-state index >= 15 is 0 Å². The number of phenolic OH excluding ortho intramolecular Hbond substituents is 1. The molecule has 2 amide bonds. The Morgan fingerprint density at radius 1 is 1.15 bits per heavy atom. The van der Waals surface area contributed by atoms with Crippen LogP contribution in [0.5, 0.6) is 5.75 Å². The van der Waals surface area contributed by atoms with E-state index in [1.807, 2.05) is 25.1 Å². The van der Waals surface area contributed by atoms with Gasteiger partial charge in [0.2, 0.25) is 11.8 Å². The van der Waals surface area contributed by atoms with Crippen molar-refractivity contribution in [2.45, 2.75) is 57.5 Å². The van der Waals surface area contributed by atoms with Gasteiger partial charge in [-0.05, 0) is 60.1 Å². The highest BCUT2D eigenvalue weighted by atomic mass is 16.5. The van der Waals surface area contributed by atoms with E-state index in [2.05, 4.69) is 16.7 Å². The average molecular weight is 452 g/mol. The molecule has 0 spiro atoms. The number of hydrogen-bond donors (Lipinski definition) is 4. The van der Waals surface area contributed by atoms with Gasteiger partial charge < -0.3 is 26.2 Å². The summed E-state index contributed by atoms with van der Waals surface area (Å²) in [6.07, 6.45) is 6.63. The second-order valence-electron chi connectivity index (χ2n) is 9.07. The highest BCUT2D eigenvalue weighted by molar-refractivity contribution is 6.09. The molecule has 7 heteroatoms. The maximum atomic E-state index is 13.8. The Bertz CT molecular complexity index is 1010. The number of fused-ring (bicyclic) bond motifs is 1. The first-order valence-electron chi connectivity index (χ1n) is 11.8. The van der Waals surface area contributed by atoms with Crippen LogP contribution in [0.2, 0.25) is 0 Å². The molecule has 1 aliphatic carbocycles. The minimum absolute atomic E-state index is 0.00599. The van der Waals surface area contributed by atoms with E-state index in [1.165, 1.54) is 12.8 Å². The van der Waals surface area contributed by atoms with E-state index in [4.69, 9.17) is 10.5 Å². The van der Waals surface area contributed by atoms with Crippen LogP contribution in [-0.2, 0) is 26.3 Å². The van der Waals surface area contributed by atoms with E-state index in [0.29, 0.717) is 6.61 Å². The lowest BCUT2D eigenvalue weighted by Gasteiger charge is -2.36. The van der Waals surface area contributed by atoms with E-state index < -0.39 is 5.41 Å². The van der Waals surface area contributed by atoms with Gasteiger partial charge in [0.05, 0.1) is 13.2 Å². The lowest BCUT2D eigenvalue weighted by molar-refractivity contribution is -0.122. The normalized spacial score (nSPS) is 20.7. The van der Waals surface area contributed by atoms with Crippen molar-refractivity contribution in [2.24, 2.45) is 11.7 Å². The van der Waals surface area contributed by atoms with Gasteiger partial charge in [0.15, 0.2) is 0 Å². The first-order chi connectivity index (χ1) is 16.0. The van der Waals surface area contributed by atoms with Gasteiger partial charge in [0, 0.05) is 5.69 Å². The molecule has 2 aromatic carbocycles. The highest BCUT2D eigenvalue weighted by Crippen LogP contribution is 2.53. The van der Waals surface area contributed by atoms with Crippen molar-refractivity contribution in [2.75, 3.05) is 18.6 Å². The maximum absolute atomic E-state index is 13.8. The van der Waals surface area contributed by atoms with Crippen LogP contribution in [0.1, 0.15) is 60.8 Å². The molecule has 5 N–H and O–H groups in total. The van der Waals surface area contributed by atoms with E-state index in [1.54, 1.807) is 12.1 Å². The fraction of sp³-hybridized carbons (Fsp3) is 0.462. The number of anilines is 1. The van der Waals surface area contributed by atoms with Crippen LogP contribution in [0.3, 0.4) is 0 Å². The predicted octanol–water partition coefficient (Wildman–Crippen LogP) is 3.46. The first kappa shape index (κ1) is 23.3. The van der Waals surface area contributed by atoms with Crippen LogP contribution >= 0.6 is 0 Å².